The van der Waals surface area contributed by atoms with Crippen LogP contribution in [0.4, 0.5) is 5.69 Å². The van der Waals surface area contributed by atoms with Crippen LogP contribution in [0, 0.1) is 0 Å². The average Bonchev–Trinajstić information content (AvgIpc) is 2.73. The summed E-state index contributed by atoms with van der Waals surface area (Å²) in [5.41, 5.74) is 8.97. The van der Waals surface area contributed by atoms with Gasteiger partial charge >= 0.3 is 0 Å². The summed E-state index contributed by atoms with van der Waals surface area (Å²) < 4.78 is 5.40. The minimum atomic E-state index is -0.00278. The van der Waals surface area contributed by atoms with Crippen LogP contribution in [0.5, 0.6) is 0 Å². The molecule has 0 saturated carbocycles. The van der Waals surface area contributed by atoms with E-state index in [9.17, 15) is 0 Å². The number of hydrogen-bond donors (Lipinski definition) is 2. The van der Waals surface area contributed by atoms with Gasteiger partial charge in [0.15, 0.2) is 0 Å². The second kappa shape index (κ2) is 3.39. The molecule has 16 heavy (non-hydrogen) atoms. The minimum absolute atomic E-state index is 0.00278. The second-order valence-corrected chi connectivity index (χ2v) is 4.28. The molecule has 0 bridgehead atoms. The highest BCUT2D eigenvalue weighted by molar-refractivity contribution is 5.45. The van der Waals surface area contributed by atoms with Gasteiger partial charge in [0.2, 0.25) is 0 Å². The van der Waals surface area contributed by atoms with Gasteiger partial charge in [-0.25, -0.2) is 0 Å². The topological polar surface area (TPSA) is 51.0 Å². The molecule has 0 radical (unpaired) electrons. The lowest BCUT2D eigenvalue weighted by molar-refractivity contribution is -0.0397. The Kier molecular flexibility index (Phi) is 2.01. The molecule has 2 heterocycles. The number of aromatic amines is 1. The van der Waals surface area contributed by atoms with Crippen molar-refractivity contribution in [3.63, 3.8) is 0 Å². The Morgan fingerprint density at radius 3 is 2.38 bits per heavy atom. The normalized spacial score (nSPS) is 18.0. The van der Waals surface area contributed by atoms with Gasteiger partial charge in [-0.15, -0.1) is 0 Å². The van der Waals surface area contributed by atoms with Crippen molar-refractivity contribution in [3.8, 4) is 0 Å². The van der Waals surface area contributed by atoms with Crippen molar-refractivity contribution in [2.75, 3.05) is 18.9 Å². The van der Waals surface area contributed by atoms with Crippen LogP contribution >= 0.6 is 0 Å². The Labute approximate surface area is 94.2 Å². The van der Waals surface area contributed by atoms with E-state index in [0.29, 0.717) is 0 Å². The van der Waals surface area contributed by atoms with Gasteiger partial charge < -0.3 is 15.5 Å². The maximum absolute atomic E-state index is 5.71. The van der Waals surface area contributed by atoms with Gasteiger partial charge in [-0.05, 0) is 29.8 Å². The molecule has 3 nitrogen and oxygen atoms in total. The Morgan fingerprint density at radius 2 is 1.88 bits per heavy atom. The van der Waals surface area contributed by atoms with E-state index in [-0.39, 0.29) is 5.41 Å². The molecule has 3 rings (SSSR count). The van der Waals surface area contributed by atoms with Gasteiger partial charge in [0, 0.05) is 17.6 Å². The first kappa shape index (κ1) is 9.48. The molecule has 0 atom stereocenters. The quantitative estimate of drug-likeness (QED) is 0.750. The summed E-state index contributed by atoms with van der Waals surface area (Å²) in [4.78, 5) is 3.28. The second-order valence-electron chi connectivity index (χ2n) is 4.28. The molecule has 1 fully saturated rings. The lowest BCUT2D eigenvalue weighted by Gasteiger charge is -2.41. The van der Waals surface area contributed by atoms with Gasteiger partial charge in [-0.1, -0.05) is 12.1 Å². The molecule has 1 aromatic carbocycles. The predicted octanol–water partition coefficient (Wildman–Crippen LogP) is 1.91. The van der Waals surface area contributed by atoms with Crippen LogP contribution in [0.2, 0.25) is 0 Å². The highest BCUT2D eigenvalue weighted by Crippen LogP contribution is 2.38. The van der Waals surface area contributed by atoms with Crippen LogP contribution in [0.3, 0.4) is 0 Å². The molecule has 0 aliphatic carbocycles. The molecule has 0 unspecified atom stereocenters. The van der Waals surface area contributed by atoms with Crippen LogP contribution < -0.4 is 5.73 Å². The number of benzene rings is 1. The fraction of sp³-hybridized carbons (Fsp3) is 0.231. The summed E-state index contributed by atoms with van der Waals surface area (Å²) in [7, 11) is 0. The Bertz CT molecular complexity index is 469. The summed E-state index contributed by atoms with van der Waals surface area (Å²) in [5.74, 6) is 0. The van der Waals surface area contributed by atoms with E-state index < -0.39 is 0 Å². The van der Waals surface area contributed by atoms with Gasteiger partial charge in [-0.3, -0.25) is 0 Å². The number of nitrogens with one attached hydrogen (secondary N) is 1. The number of aromatic nitrogens is 1. The molecular formula is C13H14N2O. The third-order valence-electron chi connectivity index (χ3n) is 3.27. The molecule has 1 aliphatic heterocycles. The Hall–Kier alpha value is -1.74. The zero-order valence-corrected chi connectivity index (χ0v) is 8.94. The molecule has 1 aliphatic rings. The van der Waals surface area contributed by atoms with E-state index in [1.807, 2.05) is 24.4 Å². The van der Waals surface area contributed by atoms with Gasteiger partial charge in [0.1, 0.15) is 0 Å². The number of rotatable bonds is 2. The van der Waals surface area contributed by atoms with E-state index in [1.54, 1.807) is 0 Å². The van der Waals surface area contributed by atoms with Gasteiger partial charge in [-0.2, -0.15) is 0 Å². The molecule has 2 aromatic rings. The molecule has 1 saturated heterocycles. The highest BCUT2D eigenvalue weighted by atomic mass is 16.5. The van der Waals surface area contributed by atoms with Crippen molar-refractivity contribution >= 4 is 5.69 Å². The van der Waals surface area contributed by atoms with Gasteiger partial charge in [0.25, 0.3) is 0 Å². The SMILES string of the molecule is Nc1ccc(C2(c3ccc[nH]3)COC2)cc1. The number of anilines is 1. The molecular weight excluding hydrogens is 200 g/mol. The van der Waals surface area contributed by atoms with Crippen molar-refractivity contribution in [1.29, 1.82) is 0 Å². The first-order valence-corrected chi connectivity index (χ1v) is 5.39. The summed E-state index contributed by atoms with van der Waals surface area (Å²) in [6, 6.07) is 12.2. The number of H-pyrrole nitrogens is 1. The van der Waals surface area contributed by atoms with E-state index in [4.69, 9.17) is 10.5 Å². The number of hydrogen-bond acceptors (Lipinski definition) is 2. The standard InChI is InChI=1S/C13H14N2O/c14-11-5-3-10(4-6-11)13(8-16-9-13)12-2-1-7-15-12/h1-7,15H,8-9,14H2. The van der Waals surface area contributed by atoms with Crippen molar-refractivity contribution in [2.45, 2.75) is 5.41 Å². The van der Waals surface area contributed by atoms with Crippen LogP contribution in [-0.4, -0.2) is 18.2 Å². The van der Waals surface area contributed by atoms with Crippen LogP contribution in [0.15, 0.2) is 42.6 Å². The minimum Gasteiger partial charge on any atom is -0.399 e. The van der Waals surface area contributed by atoms with Crippen LogP contribution in [0.1, 0.15) is 11.3 Å². The van der Waals surface area contributed by atoms with Crippen LogP contribution in [-0.2, 0) is 10.2 Å². The maximum atomic E-state index is 5.71. The number of nitrogens with two attached hydrogens (primary N) is 1. The Balaban J connectivity index is 2.05. The lowest BCUT2D eigenvalue weighted by Crippen LogP contribution is -2.47. The zero-order chi connectivity index (χ0) is 11.0. The fourth-order valence-electron chi connectivity index (χ4n) is 2.21. The average molecular weight is 214 g/mol. The van der Waals surface area contributed by atoms with Crippen molar-refractivity contribution in [3.05, 3.63) is 53.9 Å². The zero-order valence-electron chi connectivity index (χ0n) is 8.94. The molecule has 82 valence electrons. The largest absolute Gasteiger partial charge is 0.399 e. The predicted molar refractivity (Wildman–Crippen MR) is 63.2 cm³/mol. The summed E-state index contributed by atoms with van der Waals surface area (Å²) in [5, 5.41) is 0. The van der Waals surface area contributed by atoms with E-state index >= 15 is 0 Å². The lowest BCUT2D eigenvalue weighted by atomic mass is 9.76. The summed E-state index contributed by atoms with van der Waals surface area (Å²) in [6.45, 7) is 1.47. The maximum Gasteiger partial charge on any atom is 0.0819 e. The van der Waals surface area contributed by atoms with Crippen LogP contribution in [0.25, 0.3) is 0 Å². The molecule has 3 heteroatoms. The molecule has 0 spiro atoms. The van der Waals surface area contributed by atoms with E-state index in [1.165, 1.54) is 11.3 Å². The van der Waals surface area contributed by atoms with Gasteiger partial charge in [0.05, 0.1) is 18.6 Å². The first-order valence-electron chi connectivity index (χ1n) is 5.39. The van der Waals surface area contributed by atoms with Crippen molar-refractivity contribution in [1.82, 2.24) is 4.98 Å². The summed E-state index contributed by atoms with van der Waals surface area (Å²) in [6.07, 6.45) is 1.95. The molecule has 0 amide bonds. The third-order valence-corrected chi connectivity index (χ3v) is 3.27. The Morgan fingerprint density at radius 1 is 1.12 bits per heavy atom. The number of ether oxygens (including phenoxy) is 1. The molecule has 1 aromatic heterocycles. The first-order chi connectivity index (χ1) is 7.81. The monoisotopic (exact) mass is 214 g/mol. The third kappa shape index (κ3) is 1.25. The van der Waals surface area contributed by atoms with E-state index in [2.05, 4.69) is 23.2 Å². The highest BCUT2D eigenvalue weighted by Gasteiger charge is 2.42. The van der Waals surface area contributed by atoms with Crippen molar-refractivity contribution < 1.29 is 4.74 Å². The fourth-order valence-corrected chi connectivity index (χ4v) is 2.21. The number of nitrogen functional groups attached to an aromatic ring is 1. The van der Waals surface area contributed by atoms with E-state index in [0.717, 1.165) is 18.9 Å². The smallest absolute Gasteiger partial charge is 0.0819 e. The van der Waals surface area contributed by atoms with Crippen molar-refractivity contribution in [2.24, 2.45) is 0 Å². The summed E-state index contributed by atoms with van der Waals surface area (Å²) >= 11 is 0. The molecule has 3 N–H and O–H groups in total.